The monoisotopic (exact) mass is 485 g/mol. The number of anilines is 1. The molecule has 0 radical (unpaired) electrons. The van der Waals surface area contributed by atoms with Gasteiger partial charge >= 0.3 is 5.97 Å². The van der Waals surface area contributed by atoms with Gasteiger partial charge in [0.15, 0.2) is 0 Å². The fourth-order valence-corrected chi connectivity index (χ4v) is 5.83. The van der Waals surface area contributed by atoms with Crippen LogP contribution in [0.3, 0.4) is 0 Å². The smallest absolute Gasteiger partial charge is 0.341 e. The lowest BCUT2D eigenvalue weighted by molar-refractivity contribution is -0.125. The molecule has 5 rings (SSSR count). The van der Waals surface area contributed by atoms with Crippen LogP contribution in [0.1, 0.15) is 53.6 Å². The highest BCUT2D eigenvalue weighted by atomic mass is 32.2. The third-order valence-electron chi connectivity index (χ3n) is 6.98. The summed E-state index contributed by atoms with van der Waals surface area (Å²) in [5.41, 5.74) is 2.13. The third kappa shape index (κ3) is 4.46. The second kappa shape index (κ2) is 9.46. The minimum absolute atomic E-state index is 0.0501. The number of carbonyl (C=O) groups is 2. The van der Waals surface area contributed by atoms with Gasteiger partial charge in [-0.3, -0.25) is 9.69 Å². The van der Waals surface area contributed by atoms with Crippen LogP contribution in [0.15, 0.2) is 35.2 Å². The van der Waals surface area contributed by atoms with Crippen LogP contribution in [0.4, 0.5) is 10.1 Å². The molecule has 1 amide bonds. The predicted octanol–water partition coefficient (Wildman–Crippen LogP) is 4.24. The summed E-state index contributed by atoms with van der Waals surface area (Å²) in [6.45, 7) is 4.51. The maximum absolute atomic E-state index is 14.0. The molecule has 180 valence electrons. The molecular weight excluding hydrogens is 457 g/mol. The number of carboxylic acids is 1. The largest absolute Gasteiger partial charge is 0.492 e. The average molecular weight is 486 g/mol. The van der Waals surface area contributed by atoms with E-state index in [1.807, 2.05) is 13.0 Å². The highest BCUT2D eigenvalue weighted by Crippen LogP contribution is 2.55. The van der Waals surface area contributed by atoms with Crippen LogP contribution in [0, 0.1) is 11.7 Å². The van der Waals surface area contributed by atoms with E-state index in [0.29, 0.717) is 40.3 Å². The summed E-state index contributed by atoms with van der Waals surface area (Å²) in [6, 6.07) is 7.94. The van der Waals surface area contributed by atoms with Crippen LogP contribution in [-0.2, 0) is 11.3 Å². The maximum atomic E-state index is 14.0. The fraction of sp³-hybridized carbons (Fsp3) is 0.440. The minimum Gasteiger partial charge on any atom is -0.492 e. The molecule has 0 spiro atoms. The van der Waals surface area contributed by atoms with Crippen molar-refractivity contribution < 1.29 is 23.8 Å². The Kier molecular flexibility index (Phi) is 6.40. The van der Waals surface area contributed by atoms with Crippen molar-refractivity contribution in [2.24, 2.45) is 5.92 Å². The van der Waals surface area contributed by atoms with Crippen molar-refractivity contribution in [3.8, 4) is 5.75 Å². The number of halogens is 1. The summed E-state index contributed by atoms with van der Waals surface area (Å²) in [5.74, 6) is -0.168. The number of hydrogen-bond acceptors (Lipinski definition) is 6. The Bertz CT molecular complexity index is 1130. The van der Waals surface area contributed by atoms with E-state index in [0.717, 1.165) is 37.9 Å². The van der Waals surface area contributed by atoms with Crippen molar-refractivity contribution in [2.45, 2.75) is 49.6 Å². The number of rotatable bonds is 8. The Morgan fingerprint density at radius 3 is 2.94 bits per heavy atom. The lowest BCUT2D eigenvalue weighted by Gasteiger charge is -2.22. The SMILES string of the molecule is CCN1CCCC1C(=O)NCc1cc(F)ccc1SNc1ccc2c(c1C(=O)O)OCC1CC21. The molecule has 1 saturated heterocycles. The second-order valence-electron chi connectivity index (χ2n) is 9.09. The standard InChI is InChI=1S/C25H28FN3O4S/c1-2-29-9-3-4-20(29)24(30)27-12-14-10-16(26)5-8-21(14)34-28-19-7-6-17-18-11-15(18)13-33-23(17)22(19)25(31)32/h5-8,10,15,18,20,28H,2-4,9,11-13H2,1H3,(H,27,30)(H,31,32). The van der Waals surface area contributed by atoms with E-state index < -0.39 is 11.8 Å². The van der Waals surface area contributed by atoms with Gasteiger partial charge in [0.05, 0.1) is 18.3 Å². The molecule has 3 aliphatic rings. The molecule has 0 bridgehead atoms. The molecule has 3 atom stereocenters. The number of nitrogens with zero attached hydrogens (tertiary/aromatic N) is 1. The van der Waals surface area contributed by atoms with Crippen LogP contribution < -0.4 is 14.8 Å². The molecule has 7 nitrogen and oxygen atoms in total. The van der Waals surface area contributed by atoms with E-state index in [9.17, 15) is 19.1 Å². The molecule has 2 aromatic carbocycles. The van der Waals surface area contributed by atoms with E-state index in [2.05, 4.69) is 14.9 Å². The first-order chi connectivity index (χ1) is 16.5. The number of nitrogens with one attached hydrogen (secondary N) is 2. The van der Waals surface area contributed by atoms with Gasteiger partial charge in [0, 0.05) is 17.4 Å². The number of fused-ring (bicyclic) bond motifs is 3. The predicted molar refractivity (Wildman–Crippen MR) is 128 cm³/mol. The van der Waals surface area contributed by atoms with Crippen LogP contribution >= 0.6 is 11.9 Å². The van der Waals surface area contributed by atoms with Gasteiger partial charge in [-0.1, -0.05) is 13.0 Å². The molecule has 0 aromatic heterocycles. The summed E-state index contributed by atoms with van der Waals surface area (Å²) >= 11 is 1.19. The highest BCUT2D eigenvalue weighted by molar-refractivity contribution is 8.00. The minimum atomic E-state index is -1.05. The van der Waals surface area contributed by atoms with Crippen LogP contribution in [-0.4, -0.2) is 47.6 Å². The van der Waals surface area contributed by atoms with E-state index >= 15 is 0 Å². The summed E-state index contributed by atoms with van der Waals surface area (Å²) < 4.78 is 22.9. The van der Waals surface area contributed by atoms with E-state index in [1.54, 1.807) is 12.1 Å². The zero-order chi connectivity index (χ0) is 23.8. The van der Waals surface area contributed by atoms with Crippen molar-refractivity contribution in [2.75, 3.05) is 24.4 Å². The molecule has 3 unspecified atom stereocenters. The first kappa shape index (κ1) is 23.0. The Hall–Kier alpha value is -2.78. The van der Waals surface area contributed by atoms with Gasteiger partial charge in [0.2, 0.25) is 5.91 Å². The number of likely N-dealkylation sites (tertiary alicyclic amines) is 1. The van der Waals surface area contributed by atoms with Crippen molar-refractivity contribution in [3.63, 3.8) is 0 Å². The lowest BCUT2D eigenvalue weighted by Crippen LogP contribution is -2.42. The molecule has 34 heavy (non-hydrogen) atoms. The number of ether oxygens (including phenoxy) is 1. The Balaban J connectivity index is 1.31. The molecule has 9 heteroatoms. The van der Waals surface area contributed by atoms with Crippen molar-refractivity contribution in [1.82, 2.24) is 10.2 Å². The number of carbonyl (C=O) groups excluding carboxylic acids is 1. The number of hydrogen-bond donors (Lipinski definition) is 3. The molecule has 2 heterocycles. The van der Waals surface area contributed by atoms with Crippen LogP contribution in [0.5, 0.6) is 5.75 Å². The molecule has 2 aromatic rings. The molecule has 2 aliphatic heterocycles. The average Bonchev–Trinajstić information content (AvgIpc) is 3.48. The molecule has 1 saturated carbocycles. The Morgan fingerprint density at radius 1 is 1.29 bits per heavy atom. The summed E-state index contributed by atoms with van der Waals surface area (Å²) in [5, 5.41) is 12.8. The van der Waals surface area contributed by atoms with E-state index in [1.165, 1.54) is 24.1 Å². The number of amides is 1. The summed E-state index contributed by atoms with van der Waals surface area (Å²) in [7, 11) is 0. The van der Waals surface area contributed by atoms with Crippen molar-refractivity contribution >= 4 is 29.5 Å². The maximum Gasteiger partial charge on any atom is 0.341 e. The first-order valence-electron chi connectivity index (χ1n) is 11.7. The number of likely N-dealkylation sites (N-methyl/N-ethyl adjacent to an activating group) is 1. The Morgan fingerprint density at radius 2 is 2.15 bits per heavy atom. The fourth-order valence-electron chi connectivity index (χ4n) is 5.04. The number of benzene rings is 2. The van der Waals surface area contributed by atoms with Crippen LogP contribution in [0.25, 0.3) is 0 Å². The zero-order valence-electron chi connectivity index (χ0n) is 19.0. The lowest BCUT2D eigenvalue weighted by atomic mass is 10.0. The third-order valence-corrected chi connectivity index (χ3v) is 7.93. The second-order valence-corrected chi connectivity index (χ2v) is 9.93. The van der Waals surface area contributed by atoms with Gasteiger partial charge in [0.25, 0.3) is 0 Å². The van der Waals surface area contributed by atoms with Gasteiger partial charge in [-0.05, 0) is 85.6 Å². The van der Waals surface area contributed by atoms with Crippen molar-refractivity contribution in [1.29, 1.82) is 0 Å². The van der Waals surface area contributed by atoms with E-state index in [4.69, 9.17) is 4.74 Å². The normalized spacial score (nSPS) is 22.9. The molecule has 2 fully saturated rings. The van der Waals surface area contributed by atoms with Gasteiger partial charge in [-0.25, -0.2) is 9.18 Å². The first-order valence-corrected chi connectivity index (χ1v) is 12.5. The highest BCUT2D eigenvalue weighted by Gasteiger charge is 2.45. The van der Waals surface area contributed by atoms with Gasteiger partial charge in [0.1, 0.15) is 17.1 Å². The number of aromatic carboxylic acids is 1. The quantitative estimate of drug-likeness (QED) is 0.482. The van der Waals surface area contributed by atoms with Crippen LogP contribution in [0.2, 0.25) is 0 Å². The molecule has 1 aliphatic carbocycles. The van der Waals surface area contributed by atoms with Gasteiger partial charge in [-0.2, -0.15) is 0 Å². The Labute approximate surface area is 202 Å². The topological polar surface area (TPSA) is 90.9 Å². The summed E-state index contributed by atoms with van der Waals surface area (Å²) in [4.78, 5) is 27.6. The molecule has 3 N–H and O–H groups in total. The van der Waals surface area contributed by atoms with E-state index in [-0.39, 0.29) is 24.1 Å². The summed E-state index contributed by atoms with van der Waals surface area (Å²) in [6.07, 6.45) is 2.86. The zero-order valence-corrected chi connectivity index (χ0v) is 19.8. The van der Waals surface area contributed by atoms with Gasteiger partial charge in [-0.15, -0.1) is 0 Å². The molecular formula is C25H28FN3O4S. The van der Waals surface area contributed by atoms with Crippen molar-refractivity contribution in [3.05, 3.63) is 52.8 Å². The number of carboxylic acid groups (broad SMARTS) is 1. The van der Waals surface area contributed by atoms with Gasteiger partial charge < -0.3 is 19.9 Å².